The van der Waals surface area contributed by atoms with E-state index in [1.54, 1.807) is 12.1 Å². The number of phenolic OH excluding ortho intramolecular Hbond substituents is 1. The van der Waals surface area contributed by atoms with Crippen molar-refractivity contribution in [1.29, 1.82) is 0 Å². The van der Waals surface area contributed by atoms with Gasteiger partial charge in [0.2, 0.25) is 0 Å². The molecule has 0 amide bonds. The Morgan fingerprint density at radius 1 is 1.42 bits per heavy atom. The first-order chi connectivity index (χ1) is 5.75. The van der Waals surface area contributed by atoms with Crippen molar-refractivity contribution < 1.29 is 10.2 Å². The summed E-state index contributed by atoms with van der Waals surface area (Å²) in [5, 5.41) is 21.5. The number of rotatable bonds is 0. The molecular weight excluding hydrogens is 154 g/mol. The quantitative estimate of drug-likeness (QED) is 0.531. The molecule has 0 fully saturated rings. The largest absolute Gasteiger partial charge is 0.508 e. The zero-order valence-electron chi connectivity index (χ0n) is 6.62. The van der Waals surface area contributed by atoms with Crippen LogP contribution < -0.4 is 5.32 Å². The molecule has 3 nitrogen and oxygen atoms in total. The summed E-state index contributed by atoms with van der Waals surface area (Å²) in [6.07, 6.45) is 0.366. The summed E-state index contributed by atoms with van der Waals surface area (Å²) in [6, 6.07) is 5.15. The number of phenols is 1. The van der Waals surface area contributed by atoms with Gasteiger partial charge in [-0.25, -0.2) is 0 Å². The van der Waals surface area contributed by atoms with Crippen LogP contribution in [0.25, 0.3) is 0 Å². The summed E-state index contributed by atoms with van der Waals surface area (Å²) in [6.45, 7) is 0.566. The van der Waals surface area contributed by atoms with Gasteiger partial charge >= 0.3 is 0 Å². The van der Waals surface area contributed by atoms with Crippen molar-refractivity contribution in [2.75, 3.05) is 11.9 Å². The maximum atomic E-state index is 9.30. The van der Waals surface area contributed by atoms with Crippen LogP contribution in [0.1, 0.15) is 5.56 Å². The summed E-state index contributed by atoms with van der Waals surface area (Å²) in [7, 11) is 0. The fraction of sp³-hybridized carbons (Fsp3) is 0.333. The molecule has 0 saturated heterocycles. The van der Waals surface area contributed by atoms with E-state index in [1.165, 1.54) is 0 Å². The molecule has 1 aliphatic heterocycles. The number of anilines is 1. The average molecular weight is 165 g/mol. The molecule has 0 spiro atoms. The Morgan fingerprint density at radius 3 is 3.08 bits per heavy atom. The highest BCUT2D eigenvalue weighted by atomic mass is 16.3. The van der Waals surface area contributed by atoms with Crippen LogP contribution >= 0.6 is 0 Å². The Morgan fingerprint density at radius 2 is 2.25 bits per heavy atom. The smallest absolute Gasteiger partial charge is 0.117 e. The minimum atomic E-state index is -0.304. The number of hydrogen-bond acceptors (Lipinski definition) is 3. The van der Waals surface area contributed by atoms with Crippen molar-refractivity contribution in [3.8, 4) is 5.75 Å². The molecule has 2 rings (SSSR count). The summed E-state index contributed by atoms with van der Waals surface area (Å²) < 4.78 is 0. The molecule has 0 radical (unpaired) electrons. The van der Waals surface area contributed by atoms with Crippen LogP contribution in [0.2, 0.25) is 0 Å². The van der Waals surface area contributed by atoms with Crippen molar-refractivity contribution in [2.45, 2.75) is 12.5 Å². The third-order valence-electron chi connectivity index (χ3n) is 2.08. The molecule has 1 aromatic rings. The average Bonchev–Trinajstić information content (AvgIpc) is 2.05. The summed E-state index contributed by atoms with van der Waals surface area (Å²) in [5.74, 6) is 0.262. The number of benzene rings is 1. The molecule has 3 heteroatoms. The summed E-state index contributed by atoms with van der Waals surface area (Å²) in [5.41, 5.74) is 1.99. The lowest BCUT2D eigenvalue weighted by Gasteiger charge is -2.22. The molecule has 1 heterocycles. The lowest BCUT2D eigenvalue weighted by Crippen LogP contribution is -2.27. The molecule has 3 N–H and O–H groups in total. The topological polar surface area (TPSA) is 52.5 Å². The third-order valence-corrected chi connectivity index (χ3v) is 2.08. The molecule has 1 aromatic carbocycles. The second-order valence-electron chi connectivity index (χ2n) is 3.08. The lowest BCUT2D eigenvalue weighted by atomic mass is 10.0. The highest BCUT2D eigenvalue weighted by Gasteiger charge is 2.15. The maximum absolute atomic E-state index is 9.30. The monoisotopic (exact) mass is 165 g/mol. The Kier molecular flexibility index (Phi) is 1.66. The first-order valence-electron chi connectivity index (χ1n) is 3.99. The van der Waals surface area contributed by atoms with Gasteiger partial charge < -0.3 is 15.5 Å². The molecule has 1 aliphatic rings. The van der Waals surface area contributed by atoms with Crippen LogP contribution in [0.4, 0.5) is 5.69 Å². The molecular formula is C9H11NO2. The number of fused-ring (bicyclic) bond motifs is 1. The van der Waals surface area contributed by atoms with Gasteiger partial charge in [-0.1, -0.05) is 6.07 Å². The molecule has 64 valence electrons. The molecule has 0 aliphatic carbocycles. The third kappa shape index (κ3) is 1.23. The van der Waals surface area contributed by atoms with Crippen molar-refractivity contribution in [3.63, 3.8) is 0 Å². The van der Waals surface area contributed by atoms with Gasteiger partial charge in [0.25, 0.3) is 0 Å². The number of hydrogen-bond donors (Lipinski definition) is 3. The van der Waals surface area contributed by atoms with Crippen LogP contribution in [0.5, 0.6) is 5.75 Å². The Hall–Kier alpha value is -1.22. The first kappa shape index (κ1) is 7.43. The normalized spacial score (nSPS) is 21.2. The van der Waals surface area contributed by atoms with E-state index in [2.05, 4.69) is 5.32 Å². The van der Waals surface area contributed by atoms with E-state index in [4.69, 9.17) is 5.11 Å². The van der Waals surface area contributed by atoms with Gasteiger partial charge in [0.1, 0.15) is 5.75 Å². The van der Waals surface area contributed by atoms with Crippen LogP contribution in [-0.4, -0.2) is 22.9 Å². The van der Waals surface area contributed by atoms with Gasteiger partial charge in [-0.3, -0.25) is 0 Å². The maximum Gasteiger partial charge on any atom is 0.117 e. The highest BCUT2D eigenvalue weighted by molar-refractivity contribution is 5.56. The van der Waals surface area contributed by atoms with Crippen molar-refractivity contribution >= 4 is 5.69 Å². The summed E-state index contributed by atoms with van der Waals surface area (Å²) >= 11 is 0. The molecule has 0 bridgehead atoms. The van der Waals surface area contributed by atoms with Crippen LogP contribution in [0.15, 0.2) is 18.2 Å². The van der Waals surface area contributed by atoms with Crippen molar-refractivity contribution in [3.05, 3.63) is 23.8 Å². The van der Waals surface area contributed by atoms with Crippen LogP contribution in [-0.2, 0) is 6.42 Å². The van der Waals surface area contributed by atoms with Gasteiger partial charge in [-0.15, -0.1) is 0 Å². The van der Waals surface area contributed by atoms with Gasteiger partial charge in [-0.2, -0.15) is 0 Å². The second-order valence-corrected chi connectivity index (χ2v) is 3.08. The zero-order chi connectivity index (χ0) is 8.55. The number of aliphatic hydroxyl groups is 1. The van der Waals surface area contributed by atoms with Gasteiger partial charge in [0, 0.05) is 24.7 Å². The predicted octanol–water partition coefficient (Wildman–Crippen LogP) is 0.721. The molecule has 0 aromatic heterocycles. The van der Waals surface area contributed by atoms with Gasteiger partial charge in [0.15, 0.2) is 0 Å². The molecule has 1 atom stereocenters. The zero-order valence-corrected chi connectivity index (χ0v) is 6.62. The fourth-order valence-electron chi connectivity index (χ4n) is 1.46. The van der Waals surface area contributed by atoms with E-state index in [0.29, 0.717) is 13.0 Å². The number of β-amino-alcohol motifs (C(OH)–C–C–N with tert-alkyl or cyclic N) is 1. The van der Waals surface area contributed by atoms with E-state index >= 15 is 0 Å². The Labute approximate surface area is 70.7 Å². The Bertz CT molecular complexity index is 299. The SMILES string of the molecule is Oc1ccc2c(c1)NCC(O)C2. The molecule has 1 unspecified atom stereocenters. The van der Waals surface area contributed by atoms with E-state index < -0.39 is 0 Å². The number of aromatic hydroxyl groups is 1. The lowest BCUT2D eigenvalue weighted by molar-refractivity contribution is 0.184. The Balaban J connectivity index is 2.37. The summed E-state index contributed by atoms with van der Waals surface area (Å²) in [4.78, 5) is 0. The van der Waals surface area contributed by atoms with Crippen LogP contribution in [0, 0.1) is 0 Å². The standard InChI is InChI=1S/C9H11NO2/c11-7-2-1-6-3-8(12)5-10-9(6)4-7/h1-2,4,8,10-12H,3,5H2. The van der Waals surface area contributed by atoms with Crippen molar-refractivity contribution in [2.24, 2.45) is 0 Å². The molecule has 0 saturated carbocycles. The van der Waals surface area contributed by atoms with E-state index in [0.717, 1.165) is 11.3 Å². The number of aliphatic hydroxyl groups excluding tert-OH is 1. The minimum absolute atomic E-state index is 0.262. The van der Waals surface area contributed by atoms with Crippen molar-refractivity contribution in [1.82, 2.24) is 0 Å². The molecule has 12 heavy (non-hydrogen) atoms. The highest BCUT2D eigenvalue weighted by Crippen LogP contribution is 2.25. The number of nitrogens with one attached hydrogen (secondary N) is 1. The first-order valence-corrected chi connectivity index (χ1v) is 3.99. The fourth-order valence-corrected chi connectivity index (χ4v) is 1.46. The van der Waals surface area contributed by atoms with E-state index in [-0.39, 0.29) is 11.9 Å². The second kappa shape index (κ2) is 2.68. The van der Waals surface area contributed by atoms with Gasteiger partial charge in [-0.05, 0) is 11.6 Å². The van der Waals surface area contributed by atoms with E-state index in [1.807, 2.05) is 6.07 Å². The predicted molar refractivity (Wildman–Crippen MR) is 46.3 cm³/mol. The van der Waals surface area contributed by atoms with Gasteiger partial charge in [0.05, 0.1) is 6.10 Å². The minimum Gasteiger partial charge on any atom is -0.508 e. The van der Waals surface area contributed by atoms with E-state index in [9.17, 15) is 5.11 Å². The van der Waals surface area contributed by atoms with Crippen LogP contribution in [0.3, 0.4) is 0 Å².